The molecule has 0 radical (unpaired) electrons. The number of aromatic nitrogens is 1. The van der Waals surface area contributed by atoms with Crippen LogP contribution >= 0.6 is 0 Å². The number of rotatable bonds is 3. The lowest BCUT2D eigenvalue weighted by molar-refractivity contribution is -0.137. The second kappa shape index (κ2) is 5.40. The number of hydrogen-bond acceptors (Lipinski definition) is 2. The fourth-order valence-electron chi connectivity index (χ4n) is 1.82. The number of halogens is 3. The molecule has 1 heterocycles. The van der Waals surface area contributed by atoms with Gasteiger partial charge in [-0.05, 0) is 36.4 Å². The molecule has 0 saturated heterocycles. The second-order valence-electron chi connectivity index (χ2n) is 4.19. The minimum atomic E-state index is -4.33. The lowest BCUT2D eigenvalue weighted by atomic mass is 10.0. The first-order chi connectivity index (χ1) is 9.00. The first-order valence-electron chi connectivity index (χ1n) is 5.77. The van der Waals surface area contributed by atoms with Crippen LogP contribution in [0.1, 0.15) is 11.1 Å². The standard InChI is InChI=1S/C14H13F3N2/c1-18-7-10-5-12(9-19-8-10)11-3-2-4-13(6-11)14(15,16)17/h2-6,8-9,18H,7H2,1H3. The maximum atomic E-state index is 12.7. The van der Waals surface area contributed by atoms with Crippen LogP contribution < -0.4 is 5.32 Å². The van der Waals surface area contributed by atoms with Crippen LogP contribution in [0.15, 0.2) is 42.7 Å². The Morgan fingerprint density at radius 1 is 1.11 bits per heavy atom. The number of pyridine rings is 1. The van der Waals surface area contributed by atoms with Gasteiger partial charge in [0.2, 0.25) is 0 Å². The van der Waals surface area contributed by atoms with Gasteiger partial charge in [-0.25, -0.2) is 0 Å². The molecule has 1 aromatic heterocycles. The van der Waals surface area contributed by atoms with Gasteiger partial charge >= 0.3 is 6.18 Å². The third-order valence-corrected chi connectivity index (χ3v) is 2.70. The monoisotopic (exact) mass is 266 g/mol. The van der Waals surface area contributed by atoms with Crippen molar-refractivity contribution < 1.29 is 13.2 Å². The van der Waals surface area contributed by atoms with E-state index >= 15 is 0 Å². The molecule has 2 rings (SSSR count). The summed E-state index contributed by atoms with van der Waals surface area (Å²) in [4.78, 5) is 4.05. The molecule has 1 aromatic carbocycles. The van der Waals surface area contributed by atoms with Crippen molar-refractivity contribution in [3.05, 3.63) is 53.9 Å². The lowest BCUT2D eigenvalue weighted by Crippen LogP contribution is -2.06. The second-order valence-corrected chi connectivity index (χ2v) is 4.19. The Morgan fingerprint density at radius 2 is 1.89 bits per heavy atom. The summed E-state index contributed by atoms with van der Waals surface area (Å²) >= 11 is 0. The quantitative estimate of drug-likeness (QED) is 0.919. The number of benzene rings is 1. The molecular weight excluding hydrogens is 253 g/mol. The lowest BCUT2D eigenvalue weighted by Gasteiger charge is -2.09. The van der Waals surface area contributed by atoms with Crippen molar-refractivity contribution in [2.75, 3.05) is 7.05 Å². The summed E-state index contributed by atoms with van der Waals surface area (Å²) in [5.41, 5.74) is 1.47. The van der Waals surface area contributed by atoms with E-state index in [0.29, 0.717) is 17.7 Å². The fourth-order valence-corrected chi connectivity index (χ4v) is 1.82. The van der Waals surface area contributed by atoms with Crippen molar-refractivity contribution in [1.29, 1.82) is 0 Å². The molecule has 0 spiro atoms. The normalized spacial score (nSPS) is 11.6. The van der Waals surface area contributed by atoms with Crippen LogP contribution in [0.2, 0.25) is 0 Å². The molecule has 0 aliphatic heterocycles. The first kappa shape index (κ1) is 13.5. The minimum Gasteiger partial charge on any atom is -0.316 e. The maximum absolute atomic E-state index is 12.7. The van der Waals surface area contributed by atoms with Gasteiger partial charge in [-0.15, -0.1) is 0 Å². The number of nitrogens with one attached hydrogen (secondary N) is 1. The van der Waals surface area contributed by atoms with E-state index in [-0.39, 0.29) is 0 Å². The van der Waals surface area contributed by atoms with Gasteiger partial charge in [-0.1, -0.05) is 12.1 Å². The van der Waals surface area contributed by atoms with E-state index < -0.39 is 11.7 Å². The van der Waals surface area contributed by atoms with E-state index in [2.05, 4.69) is 10.3 Å². The molecule has 5 heteroatoms. The van der Waals surface area contributed by atoms with Crippen LogP contribution in [0.5, 0.6) is 0 Å². The summed E-state index contributed by atoms with van der Waals surface area (Å²) in [5, 5.41) is 2.98. The molecule has 0 aliphatic rings. The summed E-state index contributed by atoms with van der Waals surface area (Å²) in [6, 6.07) is 7.09. The molecular formula is C14H13F3N2. The topological polar surface area (TPSA) is 24.9 Å². The average Bonchev–Trinajstić information content (AvgIpc) is 2.39. The zero-order chi connectivity index (χ0) is 13.9. The van der Waals surface area contributed by atoms with Crippen molar-refractivity contribution in [2.24, 2.45) is 0 Å². The van der Waals surface area contributed by atoms with E-state index in [0.717, 1.165) is 17.7 Å². The van der Waals surface area contributed by atoms with Gasteiger partial charge in [0.25, 0.3) is 0 Å². The van der Waals surface area contributed by atoms with Crippen molar-refractivity contribution in [3.8, 4) is 11.1 Å². The van der Waals surface area contributed by atoms with Crippen LogP contribution in [0, 0.1) is 0 Å². The first-order valence-corrected chi connectivity index (χ1v) is 5.77. The molecule has 100 valence electrons. The Balaban J connectivity index is 2.39. The summed E-state index contributed by atoms with van der Waals surface area (Å²) in [6.45, 7) is 0.625. The largest absolute Gasteiger partial charge is 0.416 e. The zero-order valence-corrected chi connectivity index (χ0v) is 10.3. The van der Waals surface area contributed by atoms with Gasteiger partial charge in [0, 0.05) is 24.5 Å². The Bertz CT molecular complexity index is 565. The third-order valence-electron chi connectivity index (χ3n) is 2.70. The Hall–Kier alpha value is -1.88. The molecule has 2 aromatic rings. The van der Waals surface area contributed by atoms with Gasteiger partial charge in [0.1, 0.15) is 0 Å². The van der Waals surface area contributed by atoms with Gasteiger partial charge in [-0.3, -0.25) is 4.98 Å². The predicted octanol–water partition coefficient (Wildman–Crippen LogP) is 3.49. The van der Waals surface area contributed by atoms with E-state index in [1.807, 2.05) is 6.07 Å². The van der Waals surface area contributed by atoms with Crippen LogP contribution in [0.4, 0.5) is 13.2 Å². The molecule has 0 bridgehead atoms. The smallest absolute Gasteiger partial charge is 0.316 e. The highest BCUT2D eigenvalue weighted by Crippen LogP contribution is 2.32. The average molecular weight is 266 g/mol. The molecule has 0 aliphatic carbocycles. The Labute approximate surface area is 109 Å². The SMILES string of the molecule is CNCc1cncc(-c2cccc(C(F)(F)F)c2)c1. The molecule has 19 heavy (non-hydrogen) atoms. The maximum Gasteiger partial charge on any atom is 0.416 e. The van der Waals surface area contributed by atoms with Crippen molar-refractivity contribution in [3.63, 3.8) is 0 Å². The summed E-state index contributed by atoms with van der Waals surface area (Å²) in [6.07, 6.45) is -1.08. The van der Waals surface area contributed by atoms with Gasteiger partial charge in [-0.2, -0.15) is 13.2 Å². The fraction of sp³-hybridized carbons (Fsp3) is 0.214. The molecule has 0 saturated carbocycles. The third kappa shape index (κ3) is 3.32. The Kier molecular flexibility index (Phi) is 3.85. The summed E-state index contributed by atoms with van der Waals surface area (Å²) in [5.74, 6) is 0. The molecule has 0 atom stereocenters. The highest BCUT2D eigenvalue weighted by Gasteiger charge is 2.30. The van der Waals surface area contributed by atoms with Crippen LogP contribution in [0.25, 0.3) is 11.1 Å². The van der Waals surface area contributed by atoms with Crippen LogP contribution in [-0.4, -0.2) is 12.0 Å². The summed E-state index contributed by atoms with van der Waals surface area (Å²) < 4.78 is 38.0. The number of nitrogens with zero attached hydrogens (tertiary/aromatic N) is 1. The Morgan fingerprint density at radius 3 is 2.58 bits per heavy atom. The van der Waals surface area contributed by atoms with E-state index in [9.17, 15) is 13.2 Å². The van der Waals surface area contributed by atoms with Crippen LogP contribution in [0.3, 0.4) is 0 Å². The molecule has 0 unspecified atom stereocenters. The van der Waals surface area contributed by atoms with Crippen molar-refractivity contribution >= 4 is 0 Å². The van der Waals surface area contributed by atoms with Gasteiger partial charge < -0.3 is 5.32 Å². The van der Waals surface area contributed by atoms with Gasteiger partial charge in [0.15, 0.2) is 0 Å². The van der Waals surface area contributed by atoms with Crippen LogP contribution in [-0.2, 0) is 12.7 Å². The molecule has 0 fully saturated rings. The molecule has 0 amide bonds. The van der Waals surface area contributed by atoms with E-state index in [1.165, 1.54) is 6.07 Å². The van der Waals surface area contributed by atoms with E-state index in [4.69, 9.17) is 0 Å². The zero-order valence-electron chi connectivity index (χ0n) is 10.3. The van der Waals surface area contributed by atoms with E-state index in [1.54, 1.807) is 25.5 Å². The van der Waals surface area contributed by atoms with Crippen molar-refractivity contribution in [2.45, 2.75) is 12.7 Å². The minimum absolute atomic E-state index is 0.514. The number of hydrogen-bond donors (Lipinski definition) is 1. The summed E-state index contributed by atoms with van der Waals surface area (Å²) in [7, 11) is 1.80. The number of alkyl halides is 3. The predicted molar refractivity (Wildman–Crippen MR) is 67.4 cm³/mol. The van der Waals surface area contributed by atoms with Crippen molar-refractivity contribution in [1.82, 2.24) is 10.3 Å². The highest BCUT2D eigenvalue weighted by atomic mass is 19.4. The van der Waals surface area contributed by atoms with Gasteiger partial charge in [0.05, 0.1) is 5.56 Å². The molecule has 2 nitrogen and oxygen atoms in total. The molecule has 1 N–H and O–H groups in total. The highest BCUT2D eigenvalue weighted by molar-refractivity contribution is 5.64.